The lowest BCUT2D eigenvalue weighted by Crippen LogP contribution is -2.34. The van der Waals surface area contributed by atoms with Crippen molar-refractivity contribution < 1.29 is 32.5 Å². The SMILES string of the molecule is CCC(Cc1cc(OC)c(CCCCC(F)(F)F)cc1OC)NC(=O)O. The number of rotatable bonds is 10. The number of unbranched alkanes of at least 4 members (excludes halogenated alkanes) is 1. The van der Waals surface area contributed by atoms with E-state index in [0.717, 1.165) is 11.1 Å². The van der Waals surface area contributed by atoms with Gasteiger partial charge in [-0.3, -0.25) is 0 Å². The van der Waals surface area contributed by atoms with Gasteiger partial charge in [-0.2, -0.15) is 13.2 Å². The fourth-order valence-corrected chi connectivity index (χ4v) is 2.76. The van der Waals surface area contributed by atoms with Crippen molar-refractivity contribution in [1.29, 1.82) is 0 Å². The molecular formula is C18H26F3NO4. The van der Waals surface area contributed by atoms with Gasteiger partial charge in [-0.15, -0.1) is 0 Å². The molecule has 0 saturated heterocycles. The van der Waals surface area contributed by atoms with Gasteiger partial charge in [0, 0.05) is 12.5 Å². The van der Waals surface area contributed by atoms with Crippen LogP contribution in [0.5, 0.6) is 11.5 Å². The van der Waals surface area contributed by atoms with Gasteiger partial charge >= 0.3 is 12.3 Å². The number of methoxy groups -OCH3 is 2. The lowest BCUT2D eigenvalue weighted by Gasteiger charge is -2.19. The first kappa shape index (κ1) is 21.9. The van der Waals surface area contributed by atoms with Gasteiger partial charge in [-0.1, -0.05) is 6.92 Å². The first-order valence-electron chi connectivity index (χ1n) is 8.50. The zero-order valence-corrected chi connectivity index (χ0v) is 15.3. The number of hydrogen-bond acceptors (Lipinski definition) is 3. The summed E-state index contributed by atoms with van der Waals surface area (Å²) >= 11 is 0. The van der Waals surface area contributed by atoms with Gasteiger partial charge in [0.1, 0.15) is 11.5 Å². The molecular weight excluding hydrogens is 351 g/mol. The number of carboxylic acid groups (broad SMARTS) is 1. The Morgan fingerprint density at radius 2 is 1.73 bits per heavy atom. The molecule has 0 saturated carbocycles. The van der Waals surface area contributed by atoms with Gasteiger partial charge in [-0.05, 0) is 55.4 Å². The van der Waals surface area contributed by atoms with Crippen molar-refractivity contribution in [1.82, 2.24) is 5.32 Å². The molecule has 0 aliphatic carbocycles. The van der Waals surface area contributed by atoms with Crippen LogP contribution in [-0.4, -0.2) is 37.6 Å². The number of amides is 1. The van der Waals surface area contributed by atoms with Gasteiger partial charge in [0.15, 0.2) is 0 Å². The Labute approximate surface area is 151 Å². The average Bonchev–Trinajstić information content (AvgIpc) is 2.57. The van der Waals surface area contributed by atoms with Gasteiger partial charge < -0.3 is 19.9 Å². The molecule has 1 amide bonds. The largest absolute Gasteiger partial charge is 0.496 e. The molecule has 0 fully saturated rings. The molecule has 1 rings (SSSR count). The first-order chi connectivity index (χ1) is 12.2. The van der Waals surface area contributed by atoms with Crippen LogP contribution in [0.4, 0.5) is 18.0 Å². The summed E-state index contributed by atoms with van der Waals surface area (Å²) < 4.78 is 47.5. The fraction of sp³-hybridized carbons (Fsp3) is 0.611. The van der Waals surface area contributed by atoms with E-state index in [1.807, 2.05) is 6.92 Å². The molecule has 1 unspecified atom stereocenters. The maximum Gasteiger partial charge on any atom is 0.404 e. The molecule has 0 bridgehead atoms. The molecule has 26 heavy (non-hydrogen) atoms. The lowest BCUT2D eigenvalue weighted by atomic mass is 9.98. The summed E-state index contributed by atoms with van der Waals surface area (Å²) in [6.45, 7) is 1.87. The minimum atomic E-state index is -4.14. The van der Waals surface area contributed by atoms with Gasteiger partial charge in [0.2, 0.25) is 0 Å². The third kappa shape index (κ3) is 7.41. The highest BCUT2D eigenvalue weighted by molar-refractivity contribution is 5.65. The molecule has 1 aromatic carbocycles. The highest BCUT2D eigenvalue weighted by Crippen LogP contribution is 2.32. The molecule has 0 aliphatic heterocycles. The van der Waals surface area contributed by atoms with E-state index in [1.165, 1.54) is 14.2 Å². The van der Waals surface area contributed by atoms with Crippen molar-refractivity contribution in [2.45, 2.75) is 57.7 Å². The maximum absolute atomic E-state index is 12.3. The molecule has 0 radical (unpaired) electrons. The highest BCUT2D eigenvalue weighted by atomic mass is 19.4. The third-order valence-corrected chi connectivity index (χ3v) is 4.13. The monoisotopic (exact) mass is 377 g/mol. The molecule has 0 heterocycles. The molecule has 1 aromatic rings. The van der Waals surface area contributed by atoms with Crippen molar-refractivity contribution >= 4 is 6.09 Å². The van der Waals surface area contributed by atoms with E-state index in [0.29, 0.717) is 37.2 Å². The normalized spacial score (nSPS) is 12.5. The number of hydrogen-bond donors (Lipinski definition) is 2. The van der Waals surface area contributed by atoms with Crippen LogP contribution in [0.1, 0.15) is 43.7 Å². The van der Waals surface area contributed by atoms with E-state index >= 15 is 0 Å². The Morgan fingerprint density at radius 3 is 2.23 bits per heavy atom. The van der Waals surface area contributed by atoms with E-state index in [2.05, 4.69) is 5.32 Å². The molecule has 2 N–H and O–H groups in total. The number of nitrogens with one attached hydrogen (secondary N) is 1. The minimum absolute atomic E-state index is 0.0527. The predicted molar refractivity (Wildman–Crippen MR) is 92.1 cm³/mol. The number of benzene rings is 1. The van der Waals surface area contributed by atoms with Crippen LogP contribution in [0.15, 0.2) is 12.1 Å². The van der Waals surface area contributed by atoms with Crippen molar-refractivity contribution in [3.05, 3.63) is 23.3 Å². The molecule has 0 aromatic heterocycles. The fourth-order valence-electron chi connectivity index (χ4n) is 2.76. The molecule has 0 spiro atoms. The van der Waals surface area contributed by atoms with Crippen LogP contribution in [0.3, 0.4) is 0 Å². The van der Waals surface area contributed by atoms with Crippen LogP contribution in [0, 0.1) is 0 Å². The summed E-state index contributed by atoms with van der Waals surface area (Å²) in [5.74, 6) is 1.14. The van der Waals surface area contributed by atoms with Gasteiger partial charge in [0.25, 0.3) is 0 Å². The van der Waals surface area contributed by atoms with Crippen molar-refractivity contribution in [3.63, 3.8) is 0 Å². The maximum atomic E-state index is 12.3. The van der Waals surface area contributed by atoms with Gasteiger partial charge in [0.05, 0.1) is 14.2 Å². The van der Waals surface area contributed by atoms with Crippen LogP contribution < -0.4 is 14.8 Å². The minimum Gasteiger partial charge on any atom is -0.496 e. The average molecular weight is 377 g/mol. The van der Waals surface area contributed by atoms with Crippen LogP contribution in [0.2, 0.25) is 0 Å². The predicted octanol–water partition coefficient (Wildman–Crippen LogP) is 4.57. The Kier molecular flexibility index (Phi) is 8.54. The zero-order valence-electron chi connectivity index (χ0n) is 15.3. The van der Waals surface area contributed by atoms with Crippen LogP contribution in [0.25, 0.3) is 0 Å². The Bertz CT molecular complexity index is 591. The summed E-state index contributed by atoms with van der Waals surface area (Å²) in [6.07, 6.45) is -4.12. The standard InChI is InChI=1S/C18H26F3NO4/c1-4-14(22-17(23)24)9-13-11-15(25-2)12(10-16(13)26-3)7-5-6-8-18(19,20)21/h10-11,14,22H,4-9H2,1-3H3,(H,23,24). The Balaban J connectivity index is 2.90. The van der Waals surface area contributed by atoms with Crippen molar-refractivity contribution in [3.8, 4) is 11.5 Å². The molecule has 0 aliphatic rings. The van der Waals surface area contributed by atoms with E-state index in [9.17, 15) is 18.0 Å². The Morgan fingerprint density at radius 1 is 1.15 bits per heavy atom. The van der Waals surface area contributed by atoms with Crippen LogP contribution >= 0.6 is 0 Å². The van der Waals surface area contributed by atoms with E-state index < -0.39 is 18.7 Å². The Hall–Kier alpha value is -2.12. The lowest BCUT2D eigenvalue weighted by molar-refractivity contribution is -0.135. The second kappa shape index (κ2) is 10.1. The summed E-state index contributed by atoms with van der Waals surface area (Å²) in [5.41, 5.74) is 1.55. The summed E-state index contributed by atoms with van der Waals surface area (Å²) in [7, 11) is 3.00. The van der Waals surface area contributed by atoms with Crippen molar-refractivity contribution in [2.24, 2.45) is 0 Å². The van der Waals surface area contributed by atoms with E-state index in [-0.39, 0.29) is 12.5 Å². The van der Waals surface area contributed by atoms with E-state index in [4.69, 9.17) is 14.6 Å². The first-order valence-corrected chi connectivity index (χ1v) is 8.50. The summed E-state index contributed by atoms with van der Waals surface area (Å²) in [4.78, 5) is 10.9. The number of aryl methyl sites for hydroxylation is 1. The summed E-state index contributed by atoms with van der Waals surface area (Å²) in [6, 6.07) is 3.25. The van der Waals surface area contributed by atoms with Gasteiger partial charge in [-0.25, -0.2) is 4.79 Å². The smallest absolute Gasteiger partial charge is 0.404 e. The topological polar surface area (TPSA) is 67.8 Å². The second-order valence-electron chi connectivity index (χ2n) is 6.06. The molecule has 1 atom stereocenters. The zero-order chi connectivity index (χ0) is 19.7. The van der Waals surface area contributed by atoms with E-state index in [1.54, 1.807) is 12.1 Å². The molecule has 8 heteroatoms. The number of alkyl halides is 3. The highest BCUT2D eigenvalue weighted by Gasteiger charge is 2.26. The number of halogens is 3. The van der Waals surface area contributed by atoms with Crippen LogP contribution in [-0.2, 0) is 12.8 Å². The molecule has 5 nitrogen and oxygen atoms in total. The number of carbonyl (C=O) groups is 1. The van der Waals surface area contributed by atoms with Crippen molar-refractivity contribution in [2.75, 3.05) is 14.2 Å². The second-order valence-corrected chi connectivity index (χ2v) is 6.06. The number of ether oxygens (including phenoxy) is 2. The summed E-state index contributed by atoms with van der Waals surface area (Å²) in [5, 5.41) is 11.3. The molecule has 148 valence electrons. The quantitative estimate of drug-likeness (QED) is 0.586. The third-order valence-electron chi connectivity index (χ3n) is 4.13.